The molecule has 0 amide bonds. The summed E-state index contributed by atoms with van der Waals surface area (Å²) in [5.41, 5.74) is 4.66. The second-order valence-corrected chi connectivity index (χ2v) is 10.7. The Morgan fingerprint density at radius 3 is 2.03 bits per heavy atom. The second kappa shape index (κ2) is 13.7. The number of allylic oxidation sites excluding steroid dienone is 16. The third kappa shape index (κ3) is 7.21. The Morgan fingerprint density at radius 2 is 1.41 bits per heavy atom. The first kappa shape index (κ1) is 25.0. The van der Waals surface area contributed by atoms with Crippen LogP contribution in [0, 0.1) is 23.7 Å². The van der Waals surface area contributed by atoms with Crippen molar-refractivity contribution in [1.29, 1.82) is 0 Å². The fourth-order valence-electron chi connectivity index (χ4n) is 6.07. The van der Waals surface area contributed by atoms with Crippen LogP contribution in [-0.2, 0) is 0 Å². The first-order chi connectivity index (χ1) is 16.8. The van der Waals surface area contributed by atoms with Crippen molar-refractivity contribution in [1.82, 2.24) is 0 Å². The fourth-order valence-corrected chi connectivity index (χ4v) is 6.07. The normalized spacial score (nSPS) is 28.3. The Labute approximate surface area is 209 Å². The Balaban J connectivity index is 1.40. The van der Waals surface area contributed by atoms with E-state index >= 15 is 0 Å². The van der Waals surface area contributed by atoms with E-state index in [0.29, 0.717) is 17.8 Å². The standard InChI is InChI=1S/C34H46/c1-2-3-10-19-34(32-17-11-7-5-4-6-8-12-18-32)33-26-24-31(25-27-33)30-22-20-29(21-23-30)28-15-13-9-14-16-28/h7-8,11-13,15-16,20,22-24,26-27,29,31-32,34H,2-6,9-10,14,17-19,21,25H2,1H3. The van der Waals surface area contributed by atoms with Crippen molar-refractivity contribution in [2.24, 2.45) is 23.7 Å². The molecule has 4 aliphatic rings. The van der Waals surface area contributed by atoms with Crippen LogP contribution < -0.4 is 0 Å². The third-order valence-corrected chi connectivity index (χ3v) is 8.21. The lowest BCUT2D eigenvalue weighted by molar-refractivity contribution is 0.353. The number of unbranched alkanes of at least 4 members (excludes halogenated alkanes) is 2. The summed E-state index contributed by atoms with van der Waals surface area (Å²) in [7, 11) is 0. The quantitative estimate of drug-likeness (QED) is 0.253. The number of rotatable bonds is 8. The average Bonchev–Trinajstić information content (AvgIpc) is 2.91. The van der Waals surface area contributed by atoms with Gasteiger partial charge in [-0.2, -0.15) is 0 Å². The van der Waals surface area contributed by atoms with Gasteiger partial charge in [-0.1, -0.05) is 105 Å². The zero-order chi connectivity index (χ0) is 23.4. The van der Waals surface area contributed by atoms with E-state index in [0.717, 1.165) is 18.8 Å². The van der Waals surface area contributed by atoms with E-state index in [9.17, 15) is 0 Å². The Hall–Kier alpha value is -2.08. The summed E-state index contributed by atoms with van der Waals surface area (Å²) in [6, 6.07) is 0. The van der Waals surface area contributed by atoms with Gasteiger partial charge in [0.2, 0.25) is 0 Å². The van der Waals surface area contributed by atoms with Gasteiger partial charge in [0.05, 0.1) is 0 Å². The lowest BCUT2D eigenvalue weighted by Gasteiger charge is -2.30. The lowest BCUT2D eigenvalue weighted by Crippen LogP contribution is -2.18. The second-order valence-electron chi connectivity index (χ2n) is 10.7. The highest BCUT2D eigenvalue weighted by Crippen LogP contribution is 2.38. The Bertz CT molecular complexity index is 865. The highest BCUT2D eigenvalue weighted by Gasteiger charge is 2.25. The summed E-state index contributed by atoms with van der Waals surface area (Å²) < 4.78 is 0. The van der Waals surface area contributed by atoms with E-state index in [1.807, 2.05) is 0 Å². The molecule has 4 aliphatic carbocycles. The topological polar surface area (TPSA) is 0 Å². The highest BCUT2D eigenvalue weighted by atomic mass is 14.3. The van der Waals surface area contributed by atoms with Gasteiger partial charge < -0.3 is 0 Å². The molecule has 0 fully saturated rings. The number of hydrogen-bond donors (Lipinski definition) is 0. The monoisotopic (exact) mass is 454 g/mol. The lowest BCUT2D eigenvalue weighted by atomic mass is 9.75. The maximum atomic E-state index is 2.60. The molecule has 0 heterocycles. The molecule has 0 nitrogen and oxygen atoms in total. The van der Waals surface area contributed by atoms with Crippen LogP contribution >= 0.6 is 0 Å². The summed E-state index contributed by atoms with van der Waals surface area (Å²) >= 11 is 0. The SMILES string of the molecule is CCCCCC(C1=CCC(C2=CCC(C3=CCCC=C3)C=C2)C=C1)C1CC=CCCCC=CC1. The molecule has 4 rings (SSSR count). The van der Waals surface area contributed by atoms with Crippen molar-refractivity contribution in [2.75, 3.05) is 0 Å². The van der Waals surface area contributed by atoms with Crippen LogP contribution in [-0.4, -0.2) is 0 Å². The van der Waals surface area contributed by atoms with Crippen LogP contribution in [0.5, 0.6) is 0 Å². The van der Waals surface area contributed by atoms with E-state index < -0.39 is 0 Å². The molecule has 34 heavy (non-hydrogen) atoms. The summed E-state index contributed by atoms with van der Waals surface area (Å²) in [5.74, 6) is 2.57. The summed E-state index contributed by atoms with van der Waals surface area (Å²) in [6.07, 6.45) is 48.3. The molecule has 3 unspecified atom stereocenters. The highest BCUT2D eigenvalue weighted by molar-refractivity contribution is 5.39. The molecular formula is C34H46. The Kier molecular flexibility index (Phi) is 10.1. The zero-order valence-corrected chi connectivity index (χ0v) is 21.5. The van der Waals surface area contributed by atoms with Crippen molar-refractivity contribution in [3.8, 4) is 0 Å². The average molecular weight is 455 g/mol. The van der Waals surface area contributed by atoms with Gasteiger partial charge in [0.1, 0.15) is 0 Å². The van der Waals surface area contributed by atoms with Gasteiger partial charge in [-0.25, -0.2) is 0 Å². The molecule has 0 bridgehead atoms. The minimum absolute atomic E-state index is 0.553. The van der Waals surface area contributed by atoms with Crippen molar-refractivity contribution in [3.05, 3.63) is 95.7 Å². The molecule has 0 radical (unpaired) electrons. The summed E-state index contributed by atoms with van der Waals surface area (Å²) in [4.78, 5) is 0. The molecule has 0 heteroatoms. The van der Waals surface area contributed by atoms with E-state index in [2.05, 4.69) is 85.9 Å². The third-order valence-electron chi connectivity index (χ3n) is 8.21. The van der Waals surface area contributed by atoms with Gasteiger partial charge in [-0.15, -0.1) is 0 Å². The van der Waals surface area contributed by atoms with Gasteiger partial charge in [0.25, 0.3) is 0 Å². The van der Waals surface area contributed by atoms with E-state index in [1.165, 1.54) is 81.8 Å². The fraction of sp³-hybridized carbons (Fsp3) is 0.529. The van der Waals surface area contributed by atoms with Gasteiger partial charge in [0.15, 0.2) is 0 Å². The van der Waals surface area contributed by atoms with E-state index in [1.54, 1.807) is 5.57 Å². The minimum atomic E-state index is 0.553. The molecule has 0 saturated carbocycles. The van der Waals surface area contributed by atoms with Crippen molar-refractivity contribution in [2.45, 2.75) is 90.4 Å². The van der Waals surface area contributed by atoms with Crippen molar-refractivity contribution in [3.63, 3.8) is 0 Å². The van der Waals surface area contributed by atoms with E-state index in [4.69, 9.17) is 0 Å². The minimum Gasteiger partial charge on any atom is -0.0885 e. The zero-order valence-electron chi connectivity index (χ0n) is 21.5. The van der Waals surface area contributed by atoms with Gasteiger partial charge in [0, 0.05) is 11.8 Å². The first-order valence-electron chi connectivity index (χ1n) is 14.3. The number of hydrogen-bond acceptors (Lipinski definition) is 0. The van der Waals surface area contributed by atoms with Gasteiger partial charge in [-0.05, 0) is 92.8 Å². The molecular weight excluding hydrogens is 408 g/mol. The summed E-state index contributed by atoms with van der Waals surface area (Å²) in [6.45, 7) is 2.32. The smallest absolute Gasteiger partial charge is 0.00526 e. The molecule has 0 N–H and O–H groups in total. The van der Waals surface area contributed by atoms with Crippen LogP contribution in [0.15, 0.2) is 95.7 Å². The molecule has 0 aromatic carbocycles. The van der Waals surface area contributed by atoms with Crippen molar-refractivity contribution < 1.29 is 0 Å². The summed E-state index contributed by atoms with van der Waals surface area (Å²) in [5, 5.41) is 0. The van der Waals surface area contributed by atoms with Gasteiger partial charge >= 0.3 is 0 Å². The molecule has 3 atom stereocenters. The van der Waals surface area contributed by atoms with Gasteiger partial charge in [-0.3, -0.25) is 0 Å². The van der Waals surface area contributed by atoms with Crippen LogP contribution in [0.25, 0.3) is 0 Å². The Morgan fingerprint density at radius 1 is 0.676 bits per heavy atom. The maximum absolute atomic E-state index is 2.60. The molecule has 0 aromatic rings. The maximum Gasteiger partial charge on any atom is 0.00526 e. The van der Waals surface area contributed by atoms with Crippen LogP contribution in [0.3, 0.4) is 0 Å². The first-order valence-corrected chi connectivity index (χ1v) is 14.3. The largest absolute Gasteiger partial charge is 0.0885 e. The molecule has 0 aliphatic heterocycles. The van der Waals surface area contributed by atoms with Crippen LogP contribution in [0.1, 0.15) is 90.4 Å². The molecule has 0 aromatic heterocycles. The van der Waals surface area contributed by atoms with Crippen LogP contribution in [0.4, 0.5) is 0 Å². The molecule has 0 spiro atoms. The molecule has 0 saturated heterocycles. The van der Waals surface area contributed by atoms with Crippen LogP contribution in [0.2, 0.25) is 0 Å². The van der Waals surface area contributed by atoms with E-state index in [-0.39, 0.29) is 0 Å². The predicted molar refractivity (Wildman–Crippen MR) is 150 cm³/mol. The predicted octanol–water partition coefficient (Wildman–Crippen LogP) is 10.2. The molecule has 182 valence electrons. The van der Waals surface area contributed by atoms with Crippen molar-refractivity contribution >= 4 is 0 Å².